The van der Waals surface area contributed by atoms with Crippen molar-refractivity contribution in [3.63, 3.8) is 0 Å². The second-order valence-electron chi connectivity index (χ2n) is 5.13. The summed E-state index contributed by atoms with van der Waals surface area (Å²) in [5, 5.41) is 0. The van der Waals surface area contributed by atoms with Crippen molar-refractivity contribution in [1.82, 2.24) is 0 Å². The number of hydrogen-bond donors (Lipinski definition) is 1. The molecule has 0 aliphatic rings. The van der Waals surface area contributed by atoms with E-state index < -0.39 is 5.97 Å². The van der Waals surface area contributed by atoms with Crippen molar-refractivity contribution in [3.05, 3.63) is 0 Å². The Morgan fingerprint density at radius 1 is 0.773 bits per heavy atom. The summed E-state index contributed by atoms with van der Waals surface area (Å²) < 4.78 is 4.87. The molecule has 0 saturated heterocycles. The average Bonchev–Trinajstić information content (AvgIpc) is 2.45. The van der Waals surface area contributed by atoms with Crippen molar-refractivity contribution < 1.29 is 19.2 Å². The van der Waals surface area contributed by atoms with Crippen LogP contribution in [0.4, 0.5) is 0 Å². The van der Waals surface area contributed by atoms with Crippen molar-refractivity contribution in [1.29, 1.82) is 0 Å². The average molecular weight is 343 g/mol. The molecule has 0 aromatic heterocycles. The Morgan fingerprint density at radius 2 is 1.14 bits per heavy atom. The molecule has 0 aromatic carbocycles. The molecule has 0 aliphatic carbocycles. The Bertz CT molecular complexity index is 250. The summed E-state index contributed by atoms with van der Waals surface area (Å²) in [6, 6.07) is 0. The maximum Gasteiger partial charge on any atom is 0.321 e. The van der Waals surface area contributed by atoms with Gasteiger partial charge in [-0.2, -0.15) is 5.90 Å². The van der Waals surface area contributed by atoms with Crippen LogP contribution in [0.15, 0.2) is 0 Å². The van der Waals surface area contributed by atoms with Gasteiger partial charge in [0.05, 0.1) is 6.61 Å². The molecule has 0 unspecified atom stereocenters. The summed E-state index contributed by atoms with van der Waals surface area (Å²) in [4.78, 5) is 23.6. The third-order valence-corrected chi connectivity index (χ3v) is 2.97. The summed E-state index contributed by atoms with van der Waals surface area (Å²) in [6.45, 7) is 5.56. The first-order chi connectivity index (χ1) is 10.0. The number of nitrogens with two attached hydrogens (primary N) is 1. The van der Waals surface area contributed by atoms with Crippen LogP contribution in [0.1, 0.15) is 85.0 Å². The first-order valence-corrected chi connectivity index (χ1v) is 8.05. The Morgan fingerprint density at radius 3 is 1.45 bits per heavy atom. The molecule has 0 fully saturated rings. The minimum absolute atomic E-state index is 0. The fraction of sp³-hybridized carbons (Fsp3) is 0.875. The maximum atomic E-state index is 10.5. The number of carbonyl (C=O) groups excluding carboxylic acids is 2. The van der Waals surface area contributed by atoms with Gasteiger partial charge in [-0.25, -0.2) is 0 Å². The van der Waals surface area contributed by atoms with Gasteiger partial charge >= 0.3 is 11.9 Å². The first kappa shape index (κ1) is 27.4. The predicted octanol–water partition coefficient (Wildman–Crippen LogP) is 3.51. The molecule has 22 heavy (non-hydrogen) atoms. The standard InChI is InChI=1S/C14H28O2.C2H5NO2.K/c1-3-4-5-6-7-8-9-10-11-12-13-16-14(2)15;1-2(4)5-3;/h3-13H2,1-2H3;3H2,1H3;. The van der Waals surface area contributed by atoms with Crippen LogP contribution < -0.4 is 5.90 Å². The van der Waals surface area contributed by atoms with E-state index in [9.17, 15) is 9.59 Å². The van der Waals surface area contributed by atoms with E-state index in [4.69, 9.17) is 4.74 Å². The Balaban J connectivity index is -0.000000520. The molecule has 1 radical (unpaired) electrons. The number of carbonyl (C=O) groups is 2. The van der Waals surface area contributed by atoms with Gasteiger partial charge in [-0.05, 0) is 6.42 Å². The van der Waals surface area contributed by atoms with Crippen LogP contribution >= 0.6 is 0 Å². The molecule has 0 saturated carbocycles. The van der Waals surface area contributed by atoms with Gasteiger partial charge < -0.3 is 9.57 Å². The number of esters is 1. The van der Waals surface area contributed by atoms with E-state index in [-0.39, 0.29) is 57.4 Å². The van der Waals surface area contributed by atoms with E-state index in [0.29, 0.717) is 6.61 Å². The van der Waals surface area contributed by atoms with Crippen LogP contribution in [0.3, 0.4) is 0 Å². The molecule has 0 aliphatic heterocycles. The molecule has 0 heterocycles. The van der Waals surface area contributed by atoms with Crippen LogP contribution in [0.2, 0.25) is 0 Å². The molecule has 0 bridgehead atoms. The van der Waals surface area contributed by atoms with Gasteiger partial charge in [0.1, 0.15) is 0 Å². The van der Waals surface area contributed by atoms with Crippen molar-refractivity contribution in [2.75, 3.05) is 6.61 Å². The molecule has 2 N–H and O–H groups in total. The van der Waals surface area contributed by atoms with Gasteiger partial charge in [-0.15, -0.1) is 0 Å². The third kappa shape index (κ3) is 32.5. The molecule has 0 aromatic rings. The molecular formula is C16H33KNO4. The summed E-state index contributed by atoms with van der Waals surface area (Å²) in [5.41, 5.74) is 0. The third-order valence-electron chi connectivity index (χ3n) is 2.97. The molecule has 0 amide bonds. The number of unbranched alkanes of at least 4 members (excludes halogenated alkanes) is 9. The largest absolute Gasteiger partial charge is 0.466 e. The van der Waals surface area contributed by atoms with Crippen LogP contribution in [0.25, 0.3) is 0 Å². The molecular weight excluding hydrogens is 309 g/mol. The van der Waals surface area contributed by atoms with Crippen molar-refractivity contribution in [2.45, 2.75) is 85.0 Å². The van der Waals surface area contributed by atoms with E-state index in [1.165, 1.54) is 71.6 Å². The van der Waals surface area contributed by atoms with Crippen molar-refractivity contribution in [2.24, 2.45) is 5.90 Å². The van der Waals surface area contributed by atoms with Gasteiger partial charge in [-0.3, -0.25) is 9.59 Å². The van der Waals surface area contributed by atoms with E-state index in [1.54, 1.807) is 0 Å². The summed E-state index contributed by atoms with van der Waals surface area (Å²) in [5.74, 6) is 3.70. The van der Waals surface area contributed by atoms with E-state index in [0.717, 1.165) is 6.42 Å². The zero-order valence-corrected chi connectivity index (χ0v) is 18.1. The zero-order valence-electron chi connectivity index (χ0n) is 15.0. The first-order valence-electron chi connectivity index (χ1n) is 8.05. The second-order valence-corrected chi connectivity index (χ2v) is 5.13. The molecule has 5 nitrogen and oxygen atoms in total. The maximum absolute atomic E-state index is 10.5. The number of hydrogen-bond acceptors (Lipinski definition) is 5. The smallest absolute Gasteiger partial charge is 0.321 e. The van der Waals surface area contributed by atoms with E-state index in [1.807, 2.05) is 0 Å². The van der Waals surface area contributed by atoms with Crippen LogP contribution in [0, 0.1) is 0 Å². The van der Waals surface area contributed by atoms with Gasteiger partial charge in [0.25, 0.3) is 0 Å². The SMILES string of the molecule is CC(=O)ON.CCCCCCCCCCCCOC(C)=O.[K]. The number of ether oxygens (including phenoxy) is 1. The van der Waals surface area contributed by atoms with Crippen LogP contribution in [-0.2, 0) is 19.2 Å². The molecule has 0 rings (SSSR count). The number of rotatable bonds is 11. The van der Waals surface area contributed by atoms with Crippen LogP contribution in [0.5, 0.6) is 0 Å². The summed E-state index contributed by atoms with van der Waals surface area (Å²) >= 11 is 0. The minimum atomic E-state index is -0.468. The normalized spacial score (nSPS) is 9.09. The Hall–Kier alpha value is 0.536. The van der Waals surface area contributed by atoms with Gasteiger partial charge in [-0.1, -0.05) is 64.7 Å². The zero-order chi connectivity index (χ0) is 16.3. The molecule has 6 heteroatoms. The Labute approximate surface area is 178 Å². The fourth-order valence-electron chi connectivity index (χ4n) is 1.81. The van der Waals surface area contributed by atoms with Gasteiger partial charge in [0.15, 0.2) is 0 Å². The van der Waals surface area contributed by atoms with Gasteiger partial charge in [0, 0.05) is 65.2 Å². The van der Waals surface area contributed by atoms with Gasteiger partial charge in [0.2, 0.25) is 0 Å². The van der Waals surface area contributed by atoms with Crippen LogP contribution in [-0.4, -0.2) is 69.9 Å². The summed E-state index contributed by atoms with van der Waals surface area (Å²) in [6.07, 6.45) is 13.1. The van der Waals surface area contributed by atoms with Crippen molar-refractivity contribution in [3.8, 4) is 0 Å². The van der Waals surface area contributed by atoms with E-state index in [2.05, 4.69) is 17.7 Å². The Kier molecular flexibility index (Phi) is 29.6. The predicted molar refractivity (Wildman–Crippen MR) is 90.2 cm³/mol. The monoisotopic (exact) mass is 342 g/mol. The van der Waals surface area contributed by atoms with Crippen molar-refractivity contribution >= 4 is 63.3 Å². The fourth-order valence-corrected chi connectivity index (χ4v) is 1.81. The van der Waals surface area contributed by atoms with E-state index >= 15 is 0 Å². The summed E-state index contributed by atoms with van der Waals surface area (Å²) in [7, 11) is 0. The minimum Gasteiger partial charge on any atom is -0.466 e. The molecule has 0 atom stereocenters. The molecule has 0 spiro atoms. The quantitative estimate of drug-likeness (QED) is 0.269. The molecule has 127 valence electrons. The topological polar surface area (TPSA) is 78.6 Å². The second kappa shape index (κ2) is 23.8.